The molecule has 0 radical (unpaired) electrons. The molecule has 1 aliphatic carbocycles. The van der Waals surface area contributed by atoms with Crippen LogP contribution in [-0.2, 0) is 19.1 Å². The molecule has 1 aliphatic rings. The van der Waals surface area contributed by atoms with Crippen LogP contribution in [0.4, 0.5) is 0 Å². The van der Waals surface area contributed by atoms with Gasteiger partial charge in [0.25, 0.3) is 0 Å². The van der Waals surface area contributed by atoms with Crippen LogP contribution in [0.1, 0.15) is 77.2 Å². The van der Waals surface area contributed by atoms with Crippen LogP contribution in [0.3, 0.4) is 0 Å². The van der Waals surface area contributed by atoms with Crippen molar-refractivity contribution in [3.63, 3.8) is 0 Å². The summed E-state index contributed by atoms with van der Waals surface area (Å²) in [6, 6.07) is 9.95. The average molecular weight is 461 g/mol. The van der Waals surface area contributed by atoms with Gasteiger partial charge in [0.1, 0.15) is 6.61 Å². The molecule has 0 N–H and O–H groups in total. The monoisotopic (exact) mass is 460 g/mol. The molecule has 0 amide bonds. The van der Waals surface area contributed by atoms with Crippen molar-refractivity contribution in [3.8, 4) is 0 Å². The molecular weight excluding hydrogens is 424 g/mol. The summed E-state index contributed by atoms with van der Waals surface area (Å²) in [5.74, 6) is -0.836. The number of benzene rings is 1. The SMILES string of the molecule is CCCCCCCCC(=O)OC1(C(=O)OC[C@@H](Cl)C(C)C)C=CC(c2ccccc2)C=C1. The van der Waals surface area contributed by atoms with Gasteiger partial charge in [0.05, 0.1) is 5.38 Å². The summed E-state index contributed by atoms with van der Waals surface area (Å²) >= 11 is 6.25. The van der Waals surface area contributed by atoms with Crippen LogP contribution in [0.15, 0.2) is 54.6 Å². The van der Waals surface area contributed by atoms with E-state index in [2.05, 4.69) is 6.92 Å². The zero-order chi connectivity index (χ0) is 23.4. The van der Waals surface area contributed by atoms with Crippen LogP contribution in [-0.4, -0.2) is 29.5 Å². The molecule has 0 aliphatic heterocycles. The second-order valence-electron chi connectivity index (χ2n) is 8.80. The van der Waals surface area contributed by atoms with E-state index in [0.717, 1.165) is 24.8 Å². The Morgan fingerprint density at radius 1 is 1.00 bits per heavy atom. The third kappa shape index (κ3) is 8.12. The maximum absolute atomic E-state index is 13.0. The van der Waals surface area contributed by atoms with Crippen LogP contribution >= 0.6 is 11.6 Å². The van der Waals surface area contributed by atoms with Crippen LogP contribution in [0.2, 0.25) is 0 Å². The Kier molecular flexibility index (Phi) is 11.0. The fourth-order valence-corrected chi connectivity index (χ4v) is 3.57. The van der Waals surface area contributed by atoms with Gasteiger partial charge in [-0.15, -0.1) is 11.6 Å². The van der Waals surface area contributed by atoms with Crippen molar-refractivity contribution in [2.45, 2.75) is 82.6 Å². The molecule has 2 rings (SSSR count). The summed E-state index contributed by atoms with van der Waals surface area (Å²) in [6.45, 7) is 6.18. The molecule has 0 saturated carbocycles. The Morgan fingerprint density at radius 3 is 2.25 bits per heavy atom. The quantitative estimate of drug-likeness (QED) is 0.141. The number of ether oxygens (including phenoxy) is 2. The number of carbonyl (C=O) groups excluding carboxylic acids is 2. The second-order valence-corrected chi connectivity index (χ2v) is 9.36. The molecule has 0 fully saturated rings. The van der Waals surface area contributed by atoms with E-state index in [0.29, 0.717) is 0 Å². The molecule has 0 spiro atoms. The van der Waals surface area contributed by atoms with Crippen molar-refractivity contribution in [2.75, 3.05) is 6.61 Å². The molecule has 1 aromatic rings. The van der Waals surface area contributed by atoms with E-state index in [9.17, 15) is 9.59 Å². The highest BCUT2D eigenvalue weighted by atomic mass is 35.5. The Bertz CT molecular complexity index is 755. The summed E-state index contributed by atoms with van der Waals surface area (Å²) in [6.07, 6.45) is 13.8. The van der Waals surface area contributed by atoms with Crippen molar-refractivity contribution in [3.05, 3.63) is 60.2 Å². The van der Waals surface area contributed by atoms with Gasteiger partial charge in [-0.05, 0) is 30.1 Å². The highest BCUT2D eigenvalue weighted by Crippen LogP contribution is 2.30. The van der Waals surface area contributed by atoms with Crippen LogP contribution in [0, 0.1) is 5.92 Å². The summed E-state index contributed by atoms with van der Waals surface area (Å²) in [5, 5.41) is -0.302. The normalized spacial score (nSPS) is 20.8. The molecule has 4 nitrogen and oxygen atoms in total. The Labute approximate surface area is 198 Å². The number of halogens is 1. The van der Waals surface area contributed by atoms with Gasteiger partial charge in [-0.2, -0.15) is 0 Å². The van der Waals surface area contributed by atoms with Crippen LogP contribution in [0.25, 0.3) is 0 Å². The predicted octanol–water partition coefficient (Wildman–Crippen LogP) is 6.74. The number of hydrogen-bond donors (Lipinski definition) is 0. The predicted molar refractivity (Wildman–Crippen MR) is 130 cm³/mol. The number of esters is 2. The summed E-state index contributed by atoms with van der Waals surface area (Å²) in [7, 11) is 0. The molecule has 0 heterocycles. The van der Waals surface area contributed by atoms with E-state index in [1.54, 1.807) is 12.2 Å². The average Bonchev–Trinajstić information content (AvgIpc) is 2.80. The number of hydrogen-bond acceptors (Lipinski definition) is 4. The van der Waals surface area contributed by atoms with Crippen molar-refractivity contribution >= 4 is 23.5 Å². The first-order valence-corrected chi connectivity index (χ1v) is 12.3. The van der Waals surface area contributed by atoms with Gasteiger partial charge in [-0.25, -0.2) is 4.79 Å². The van der Waals surface area contributed by atoms with E-state index in [4.69, 9.17) is 21.1 Å². The lowest BCUT2D eigenvalue weighted by Gasteiger charge is -2.29. The molecule has 1 aromatic carbocycles. The van der Waals surface area contributed by atoms with Crippen molar-refractivity contribution < 1.29 is 19.1 Å². The summed E-state index contributed by atoms with van der Waals surface area (Å²) in [5.41, 5.74) is -0.445. The molecule has 0 unspecified atom stereocenters. The highest BCUT2D eigenvalue weighted by molar-refractivity contribution is 6.21. The van der Waals surface area contributed by atoms with Gasteiger partial charge >= 0.3 is 11.9 Å². The van der Waals surface area contributed by atoms with E-state index < -0.39 is 17.5 Å². The molecule has 0 bridgehead atoms. The minimum atomic E-state index is -1.54. The molecule has 1 atom stereocenters. The first kappa shape index (κ1) is 26.2. The maximum atomic E-state index is 13.0. The topological polar surface area (TPSA) is 52.6 Å². The van der Waals surface area contributed by atoms with Crippen LogP contribution in [0.5, 0.6) is 0 Å². The summed E-state index contributed by atoms with van der Waals surface area (Å²) < 4.78 is 11.2. The van der Waals surface area contributed by atoms with E-state index in [1.807, 2.05) is 56.3 Å². The number of alkyl halides is 1. The number of unbranched alkanes of at least 4 members (excludes halogenated alkanes) is 5. The number of rotatable bonds is 13. The third-order valence-corrected chi connectivity index (χ3v) is 6.35. The molecular formula is C27H37ClO4. The zero-order valence-corrected chi connectivity index (χ0v) is 20.4. The second kappa shape index (κ2) is 13.5. The minimum absolute atomic E-state index is 0.00540. The summed E-state index contributed by atoms with van der Waals surface area (Å²) in [4.78, 5) is 25.6. The fraction of sp³-hybridized carbons (Fsp3) is 0.556. The molecule has 5 heteroatoms. The van der Waals surface area contributed by atoms with Gasteiger partial charge in [-0.1, -0.05) is 95.4 Å². The van der Waals surface area contributed by atoms with E-state index in [1.165, 1.54) is 19.3 Å². The fourth-order valence-electron chi connectivity index (χ4n) is 3.51. The molecule has 176 valence electrons. The highest BCUT2D eigenvalue weighted by Gasteiger charge is 2.41. The first-order valence-electron chi connectivity index (χ1n) is 11.8. The molecule has 0 aromatic heterocycles. The van der Waals surface area contributed by atoms with Crippen LogP contribution < -0.4 is 0 Å². The number of carbonyl (C=O) groups is 2. The van der Waals surface area contributed by atoms with Gasteiger partial charge < -0.3 is 9.47 Å². The Hall–Kier alpha value is -2.07. The van der Waals surface area contributed by atoms with Crippen molar-refractivity contribution in [2.24, 2.45) is 5.92 Å². The zero-order valence-electron chi connectivity index (χ0n) is 19.6. The largest absolute Gasteiger partial charge is 0.461 e. The minimum Gasteiger partial charge on any atom is -0.461 e. The van der Waals surface area contributed by atoms with Crippen molar-refractivity contribution in [1.82, 2.24) is 0 Å². The Balaban J connectivity index is 2.04. The van der Waals surface area contributed by atoms with Gasteiger partial charge in [0, 0.05) is 12.3 Å². The van der Waals surface area contributed by atoms with Crippen molar-refractivity contribution in [1.29, 1.82) is 0 Å². The maximum Gasteiger partial charge on any atom is 0.359 e. The lowest BCUT2D eigenvalue weighted by atomic mass is 9.88. The van der Waals surface area contributed by atoms with E-state index in [-0.39, 0.29) is 30.2 Å². The molecule has 32 heavy (non-hydrogen) atoms. The van der Waals surface area contributed by atoms with Gasteiger partial charge in [-0.3, -0.25) is 4.79 Å². The molecule has 0 saturated heterocycles. The lowest BCUT2D eigenvalue weighted by molar-refractivity contribution is -0.172. The van der Waals surface area contributed by atoms with Gasteiger partial charge in [0.2, 0.25) is 5.60 Å². The Morgan fingerprint density at radius 2 is 1.62 bits per heavy atom. The van der Waals surface area contributed by atoms with E-state index >= 15 is 0 Å². The third-order valence-electron chi connectivity index (χ3n) is 5.72. The lowest BCUT2D eigenvalue weighted by Crippen LogP contribution is -2.43. The smallest absolute Gasteiger partial charge is 0.359 e. The number of allylic oxidation sites excluding steroid dienone is 2. The first-order chi connectivity index (χ1) is 15.4. The van der Waals surface area contributed by atoms with Gasteiger partial charge in [0.15, 0.2) is 0 Å². The standard InChI is InChI=1S/C27H37ClO4/c1-4-5-6-7-8-12-15-25(29)32-27(26(30)31-20-24(28)21(2)3)18-16-23(17-19-27)22-13-10-9-11-14-22/h9-11,13-14,16-19,21,23-24H,4-8,12,15,20H2,1-3H3/t23?,24-,27?/m1/s1.